The lowest BCUT2D eigenvalue weighted by molar-refractivity contribution is -0.384. The van der Waals surface area contributed by atoms with Crippen molar-refractivity contribution in [1.82, 2.24) is 0 Å². The van der Waals surface area contributed by atoms with Crippen LogP contribution in [0.25, 0.3) is 0 Å². The molecule has 0 saturated carbocycles. The standard InChI is InChI=1S/C13H9BrClN3O3/c14-7-1-3-9(13(16)17)12(5-7)21-11-4-2-8(18(19)20)6-10(11)15/h1-6H,(H3,16,17). The monoisotopic (exact) mass is 369 g/mol. The molecule has 0 spiro atoms. The molecule has 0 aromatic heterocycles. The third-order valence-corrected chi connectivity index (χ3v) is 3.37. The summed E-state index contributed by atoms with van der Waals surface area (Å²) in [6.07, 6.45) is 0. The molecular formula is C13H9BrClN3O3. The highest BCUT2D eigenvalue weighted by atomic mass is 79.9. The average molecular weight is 371 g/mol. The van der Waals surface area contributed by atoms with Crippen molar-refractivity contribution >= 4 is 39.1 Å². The third-order valence-electron chi connectivity index (χ3n) is 2.58. The molecule has 8 heteroatoms. The van der Waals surface area contributed by atoms with E-state index in [1.165, 1.54) is 18.2 Å². The van der Waals surface area contributed by atoms with Gasteiger partial charge in [-0.25, -0.2) is 0 Å². The van der Waals surface area contributed by atoms with Crippen molar-refractivity contribution in [2.75, 3.05) is 0 Å². The zero-order valence-corrected chi connectivity index (χ0v) is 12.8. The third kappa shape index (κ3) is 3.50. The van der Waals surface area contributed by atoms with E-state index in [9.17, 15) is 10.1 Å². The molecule has 0 aliphatic rings. The van der Waals surface area contributed by atoms with Crippen molar-refractivity contribution in [2.24, 2.45) is 5.73 Å². The Morgan fingerprint density at radius 1 is 1.29 bits per heavy atom. The maximum absolute atomic E-state index is 10.7. The van der Waals surface area contributed by atoms with Crippen molar-refractivity contribution in [3.05, 3.63) is 61.6 Å². The maximum atomic E-state index is 10.7. The molecule has 0 aliphatic heterocycles. The van der Waals surface area contributed by atoms with Crippen molar-refractivity contribution in [2.45, 2.75) is 0 Å². The lowest BCUT2D eigenvalue weighted by Crippen LogP contribution is -2.12. The van der Waals surface area contributed by atoms with Gasteiger partial charge in [0.05, 0.1) is 15.5 Å². The summed E-state index contributed by atoms with van der Waals surface area (Å²) < 4.78 is 6.35. The Balaban J connectivity index is 2.40. The molecule has 0 fully saturated rings. The zero-order chi connectivity index (χ0) is 15.6. The Morgan fingerprint density at radius 2 is 2.00 bits per heavy atom. The fourth-order valence-corrected chi connectivity index (χ4v) is 2.16. The Morgan fingerprint density at radius 3 is 2.57 bits per heavy atom. The number of nitrogens with zero attached hydrogens (tertiary/aromatic N) is 1. The minimum Gasteiger partial charge on any atom is -0.455 e. The van der Waals surface area contributed by atoms with Gasteiger partial charge < -0.3 is 10.5 Å². The van der Waals surface area contributed by atoms with Crippen LogP contribution >= 0.6 is 27.5 Å². The second kappa shape index (κ2) is 6.11. The summed E-state index contributed by atoms with van der Waals surface area (Å²) in [6, 6.07) is 8.86. The number of hydrogen-bond donors (Lipinski definition) is 2. The number of rotatable bonds is 4. The molecule has 21 heavy (non-hydrogen) atoms. The van der Waals surface area contributed by atoms with Gasteiger partial charge in [0.25, 0.3) is 5.69 Å². The highest BCUT2D eigenvalue weighted by molar-refractivity contribution is 9.10. The van der Waals surface area contributed by atoms with Crippen molar-refractivity contribution < 1.29 is 9.66 Å². The van der Waals surface area contributed by atoms with Crippen LogP contribution in [-0.2, 0) is 0 Å². The van der Waals surface area contributed by atoms with E-state index in [1.54, 1.807) is 18.2 Å². The van der Waals surface area contributed by atoms with Crippen LogP contribution in [0.5, 0.6) is 11.5 Å². The van der Waals surface area contributed by atoms with Gasteiger partial charge in [-0.1, -0.05) is 27.5 Å². The minimum atomic E-state index is -0.546. The molecule has 3 N–H and O–H groups in total. The molecule has 0 bridgehead atoms. The Hall–Kier alpha value is -2.12. The summed E-state index contributed by atoms with van der Waals surface area (Å²) in [7, 11) is 0. The van der Waals surface area contributed by atoms with E-state index in [2.05, 4.69) is 15.9 Å². The van der Waals surface area contributed by atoms with E-state index in [1.807, 2.05) is 0 Å². The summed E-state index contributed by atoms with van der Waals surface area (Å²) in [5.74, 6) is 0.408. The molecule has 2 aromatic rings. The van der Waals surface area contributed by atoms with Crippen LogP contribution in [0.15, 0.2) is 40.9 Å². The van der Waals surface area contributed by atoms with Gasteiger partial charge in [0.1, 0.15) is 17.3 Å². The van der Waals surface area contributed by atoms with Gasteiger partial charge in [0.15, 0.2) is 0 Å². The van der Waals surface area contributed by atoms with Gasteiger partial charge in [0, 0.05) is 16.6 Å². The smallest absolute Gasteiger partial charge is 0.271 e. The van der Waals surface area contributed by atoms with Crippen LogP contribution in [0.1, 0.15) is 5.56 Å². The molecule has 0 amide bonds. The summed E-state index contributed by atoms with van der Waals surface area (Å²) in [4.78, 5) is 10.1. The van der Waals surface area contributed by atoms with E-state index in [0.29, 0.717) is 11.3 Å². The summed E-state index contributed by atoms with van der Waals surface area (Å²) in [5, 5.41) is 18.3. The van der Waals surface area contributed by atoms with Crippen molar-refractivity contribution in [3.63, 3.8) is 0 Å². The van der Waals surface area contributed by atoms with Gasteiger partial charge in [0.2, 0.25) is 0 Å². The van der Waals surface area contributed by atoms with Crippen molar-refractivity contribution in [3.8, 4) is 11.5 Å². The largest absolute Gasteiger partial charge is 0.455 e. The number of nitrogens with one attached hydrogen (secondary N) is 1. The number of nitrogens with two attached hydrogens (primary N) is 1. The highest BCUT2D eigenvalue weighted by Crippen LogP contribution is 2.34. The van der Waals surface area contributed by atoms with Gasteiger partial charge in [-0.05, 0) is 24.3 Å². The molecule has 0 aliphatic carbocycles. The van der Waals surface area contributed by atoms with Crippen LogP contribution < -0.4 is 10.5 Å². The number of nitro groups is 1. The fraction of sp³-hybridized carbons (Fsp3) is 0. The zero-order valence-electron chi connectivity index (χ0n) is 10.5. The number of ether oxygens (including phenoxy) is 1. The first-order valence-corrected chi connectivity index (χ1v) is 6.81. The van der Waals surface area contributed by atoms with E-state index in [0.717, 1.165) is 4.47 Å². The number of nitrogen functional groups attached to an aromatic ring is 1. The molecule has 0 radical (unpaired) electrons. The van der Waals surface area contributed by atoms with Crippen LogP contribution in [0, 0.1) is 15.5 Å². The molecule has 2 aromatic carbocycles. The first-order valence-electron chi connectivity index (χ1n) is 5.64. The topological polar surface area (TPSA) is 102 Å². The normalized spacial score (nSPS) is 10.2. The number of non-ortho nitro benzene ring substituents is 1. The predicted octanol–water partition coefficient (Wildman–Crippen LogP) is 4.09. The second-order valence-electron chi connectivity index (χ2n) is 4.03. The van der Waals surface area contributed by atoms with Gasteiger partial charge in [-0.15, -0.1) is 0 Å². The molecule has 108 valence electrons. The van der Waals surface area contributed by atoms with Crippen molar-refractivity contribution in [1.29, 1.82) is 5.41 Å². The predicted molar refractivity (Wildman–Crippen MR) is 83.3 cm³/mol. The molecule has 6 nitrogen and oxygen atoms in total. The number of amidine groups is 1. The Bertz CT molecular complexity index is 737. The SMILES string of the molecule is N=C(N)c1ccc(Br)cc1Oc1ccc([N+](=O)[O-])cc1Cl. The summed E-state index contributed by atoms with van der Waals surface area (Å²) in [5.41, 5.74) is 5.75. The van der Waals surface area contributed by atoms with Crippen LogP contribution in [0.4, 0.5) is 5.69 Å². The van der Waals surface area contributed by atoms with E-state index >= 15 is 0 Å². The molecular weight excluding hydrogens is 362 g/mol. The Kier molecular flexibility index (Phi) is 4.44. The molecule has 2 rings (SSSR count). The summed E-state index contributed by atoms with van der Waals surface area (Å²) >= 11 is 9.26. The summed E-state index contributed by atoms with van der Waals surface area (Å²) in [6.45, 7) is 0. The minimum absolute atomic E-state index is 0.0960. The van der Waals surface area contributed by atoms with E-state index in [-0.39, 0.29) is 22.3 Å². The number of benzene rings is 2. The number of nitro benzene ring substituents is 1. The number of hydrogen-bond acceptors (Lipinski definition) is 4. The van der Waals surface area contributed by atoms with Crippen LogP contribution in [0.2, 0.25) is 5.02 Å². The fourth-order valence-electron chi connectivity index (χ4n) is 1.61. The first kappa shape index (κ1) is 15.3. The van der Waals surface area contributed by atoms with Gasteiger partial charge >= 0.3 is 0 Å². The lowest BCUT2D eigenvalue weighted by Gasteiger charge is -2.11. The van der Waals surface area contributed by atoms with Gasteiger partial charge in [-0.3, -0.25) is 15.5 Å². The first-order chi connectivity index (χ1) is 9.88. The van der Waals surface area contributed by atoms with Crippen LogP contribution in [0.3, 0.4) is 0 Å². The number of halogens is 2. The molecule has 0 heterocycles. The van der Waals surface area contributed by atoms with Gasteiger partial charge in [-0.2, -0.15) is 0 Å². The lowest BCUT2D eigenvalue weighted by atomic mass is 10.2. The molecule has 0 saturated heterocycles. The average Bonchev–Trinajstić information content (AvgIpc) is 2.40. The van der Waals surface area contributed by atoms with Crippen LogP contribution in [-0.4, -0.2) is 10.8 Å². The Labute approximate surface area is 133 Å². The molecule has 0 unspecified atom stereocenters. The maximum Gasteiger partial charge on any atom is 0.271 e. The molecule has 0 atom stereocenters. The highest BCUT2D eigenvalue weighted by Gasteiger charge is 2.14. The van der Waals surface area contributed by atoms with E-state index < -0.39 is 4.92 Å². The van der Waals surface area contributed by atoms with E-state index in [4.69, 9.17) is 27.5 Å². The second-order valence-corrected chi connectivity index (χ2v) is 5.35. The quantitative estimate of drug-likeness (QED) is 0.366.